The normalized spacial score (nSPS) is 10.0. The molecule has 0 aliphatic rings. The number of anilines is 2. The van der Waals surface area contributed by atoms with Crippen molar-refractivity contribution >= 4 is 23.2 Å². The average molecular weight is 286 g/mol. The van der Waals surface area contributed by atoms with E-state index in [2.05, 4.69) is 10.6 Å². The van der Waals surface area contributed by atoms with Crippen LogP contribution in [0, 0.1) is 5.82 Å². The van der Waals surface area contributed by atoms with Crippen LogP contribution in [0.1, 0.15) is 12.5 Å². The van der Waals surface area contributed by atoms with Gasteiger partial charge in [-0.3, -0.25) is 9.59 Å². The Hall–Kier alpha value is -2.69. The van der Waals surface area contributed by atoms with Crippen LogP contribution in [-0.2, 0) is 16.0 Å². The molecule has 0 spiro atoms. The lowest BCUT2D eigenvalue weighted by molar-refractivity contribution is -0.116. The van der Waals surface area contributed by atoms with Gasteiger partial charge in [0.25, 0.3) is 0 Å². The topological polar surface area (TPSA) is 58.2 Å². The van der Waals surface area contributed by atoms with Crippen molar-refractivity contribution in [3.8, 4) is 0 Å². The fraction of sp³-hybridized carbons (Fsp3) is 0.125. The summed E-state index contributed by atoms with van der Waals surface area (Å²) in [5, 5.41) is 5.28. The van der Waals surface area contributed by atoms with E-state index in [1.807, 2.05) is 0 Å². The van der Waals surface area contributed by atoms with Crippen LogP contribution in [0.2, 0.25) is 0 Å². The fourth-order valence-corrected chi connectivity index (χ4v) is 1.87. The van der Waals surface area contributed by atoms with E-state index in [0.717, 1.165) is 5.56 Å². The number of nitrogens with one attached hydrogen (secondary N) is 2. The van der Waals surface area contributed by atoms with Gasteiger partial charge in [-0.25, -0.2) is 4.39 Å². The van der Waals surface area contributed by atoms with Crippen molar-refractivity contribution in [3.63, 3.8) is 0 Å². The molecular formula is C16H15FN2O2. The lowest BCUT2D eigenvalue weighted by atomic mass is 10.1. The summed E-state index contributed by atoms with van der Waals surface area (Å²) in [5.41, 5.74) is 1.91. The third-order valence-electron chi connectivity index (χ3n) is 2.75. The van der Waals surface area contributed by atoms with Crippen LogP contribution in [0.3, 0.4) is 0 Å². The smallest absolute Gasteiger partial charge is 0.228 e. The summed E-state index contributed by atoms with van der Waals surface area (Å²) >= 11 is 0. The molecule has 2 aromatic carbocycles. The molecule has 2 amide bonds. The van der Waals surface area contributed by atoms with Gasteiger partial charge >= 0.3 is 0 Å². The Morgan fingerprint density at radius 3 is 2.33 bits per heavy atom. The predicted octanol–water partition coefficient (Wildman–Crippen LogP) is 2.97. The summed E-state index contributed by atoms with van der Waals surface area (Å²) < 4.78 is 13.0. The van der Waals surface area contributed by atoms with Gasteiger partial charge < -0.3 is 10.6 Å². The largest absolute Gasteiger partial charge is 0.326 e. The summed E-state index contributed by atoms with van der Waals surface area (Å²) in [6, 6.07) is 12.7. The Kier molecular flexibility index (Phi) is 4.66. The molecule has 0 radical (unpaired) electrons. The van der Waals surface area contributed by atoms with Crippen LogP contribution in [0.15, 0.2) is 48.5 Å². The van der Waals surface area contributed by atoms with Gasteiger partial charge in [0.1, 0.15) is 5.82 Å². The van der Waals surface area contributed by atoms with Gasteiger partial charge in [-0.15, -0.1) is 0 Å². The fourth-order valence-electron chi connectivity index (χ4n) is 1.87. The van der Waals surface area contributed by atoms with E-state index in [1.54, 1.807) is 30.3 Å². The first kappa shape index (κ1) is 14.7. The molecular weight excluding hydrogens is 271 g/mol. The number of carbonyl (C=O) groups is 2. The van der Waals surface area contributed by atoms with Gasteiger partial charge in [-0.1, -0.05) is 18.2 Å². The molecule has 2 aromatic rings. The van der Waals surface area contributed by atoms with Gasteiger partial charge in [0.2, 0.25) is 11.8 Å². The first-order chi connectivity index (χ1) is 10.0. The molecule has 5 heteroatoms. The minimum Gasteiger partial charge on any atom is -0.326 e. The van der Waals surface area contributed by atoms with Gasteiger partial charge in [-0.2, -0.15) is 0 Å². The highest BCUT2D eigenvalue weighted by atomic mass is 19.1. The summed E-state index contributed by atoms with van der Waals surface area (Å²) in [4.78, 5) is 22.8. The number of hydrogen-bond donors (Lipinski definition) is 2. The second kappa shape index (κ2) is 6.65. The molecule has 0 saturated carbocycles. The maximum absolute atomic E-state index is 13.0. The highest BCUT2D eigenvalue weighted by Gasteiger charge is 2.05. The molecule has 21 heavy (non-hydrogen) atoms. The lowest BCUT2D eigenvalue weighted by Crippen LogP contribution is -2.14. The number of rotatable bonds is 4. The zero-order chi connectivity index (χ0) is 15.2. The molecule has 2 rings (SSSR count). The minimum atomic E-state index is -0.396. The Bertz CT molecular complexity index is 654. The molecule has 0 bridgehead atoms. The second-order valence-corrected chi connectivity index (χ2v) is 4.61. The summed E-state index contributed by atoms with van der Waals surface area (Å²) in [5.74, 6) is -0.771. The first-order valence-electron chi connectivity index (χ1n) is 6.45. The monoisotopic (exact) mass is 286 g/mol. The third-order valence-corrected chi connectivity index (χ3v) is 2.75. The van der Waals surface area contributed by atoms with E-state index in [1.165, 1.54) is 25.1 Å². The van der Waals surface area contributed by atoms with Crippen molar-refractivity contribution in [3.05, 3.63) is 59.9 Å². The number of hydrogen-bond acceptors (Lipinski definition) is 2. The van der Waals surface area contributed by atoms with Gasteiger partial charge in [0, 0.05) is 18.3 Å². The second-order valence-electron chi connectivity index (χ2n) is 4.61. The molecule has 0 aliphatic heterocycles. The maximum Gasteiger partial charge on any atom is 0.228 e. The third kappa shape index (κ3) is 4.72. The Balaban J connectivity index is 1.95. The van der Waals surface area contributed by atoms with Crippen molar-refractivity contribution in [1.82, 2.24) is 0 Å². The Labute approximate surface area is 122 Å². The van der Waals surface area contributed by atoms with Gasteiger partial charge in [-0.05, 0) is 35.9 Å². The number of halogens is 1. The molecule has 0 fully saturated rings. The summed E-state index contributed by atoms with van der Waals surface area (Å²) in [6.45, 7) is 1.43. The molecule has 0 aliphatic carbocycles. The van der Waals surface area contributed by atoms with Crippen molar-refractivity contribution in [1.29, 1.82) is 0 Å². The van der Waals surface area contributed by atoms with Crippen molar-refractivity contribution in [2.75, 3.05) is 10.6 Å². The van der Waals surface area contributed by atoms with Crippen LogP contribution >= 0.6 is 0 Å². The zero-order valence-corrected chi connectivity index (χ0v) is 11.5. The maximum atomic E-state index is 13.0. The SMILES string of the molecule is CC(=O)Nc1ccc(CC(=O)Nc2cccc(F)c2)cc1. The first-order valence-corrected chi connectivity index (χ1v) is 6.45. The highest BCUT2D eigenvalue weighted by Crippen LogP contribution is 2.12. The van der Waals surface area contributed by atoms with Crippen LogP contribution in [0.5, 0.6) is 0 Å². The van der Waals surface area contributed by atoms with E-state index in [9.17, 15) is 14.0 Å². The summed E-state index contributed by atoms with van der Waals surface area (Å²) in [6.07, 6.45) is 0.177. The van der Waals surface area contributed by atoms with Crippen LogP contribution < -0.4 is 10.6 Å². The minimum absolute atomic E-state index is 0.147. The van der Waals surface area contributed by atoms with Crippen molar-refractivity contribution in [2.45, 2.75) is 13.3 Å². The van der Waals surface area contributed by atoms with E-state index >= 15 is 0 Å². The highest BCUT2D eigenvalue weighted by molar-refractivity contribution is 5.92. The molecule has 0 heterocycles. The van der Waals surface area contributed by atoms with Crippen molar-refractivity contribution < 1.29 is 14.0 Å². The zero-order valence-electron chi connectivity index (χ0n) is 11.5. The lowest BCUT2D eigenvalue weighted by Gasteiger charge is -2.06. The molecule has 4 nitrogen and oxygen atoms in total. The van der Waals surface area contributed by atoms with Gasteiger partial charge in [0.15, 0.2) is 0 Å². The average Bonchev–Trinajstić information content (AvgIpc) is 2.40. The molecule has 2 N–H and O–H groups in total. The summed E-state index contributed by atoms with van der Waals surface area (Å²) in [7, 11) is 0. The van der Waals surface area contributed by atoms with Crippen LogP contribution in [0.25, 0.3) is 0 Å². The van der Waals surface area contributed by atoms with Gasteiger partial charge in [0.05, 0.1) is 6.42 Å². The van der Waals surface area contributed by atoms with E-state index in [4.69, 9.17) is 0 Å². The predicted molar refractivity (Wildman–Crippen MR) is 79.5 cm³/mol. The van der Waals surface area contributed by atoms with E-state index < -0.39 is 5.82 Å². The molecule has 0 saturated heterocycles. The van der Waals surface area contributed by atoms with E-state index in [0.29, 0.717) is 11.4 Å². The standard InChI is InChI=1S/C16H15FN2O2/c1-11(20)18-14-7-5-12(6-8-14)9-16(21)19-15-4-2-3-13(17)10-15/h2-8,10H,9H2,1H3,(H,18,20)(H,19,21). The van der Waals surface area contributed by atoms with Crippen LogP contribution in [-0.4, -0.2) is 11.8 Å². The molecule has 0 unspecified atom stereocenters. The Morgan fingerprint density at radius 2 is 1.71 bits per heavy atom. The molecule has 0 aromatic heterocycles. The quantitative estimate of drug-likeness (QED) is 0.907. The Morgan fingerprint density at radius 1 is 1.00 bits per heavy atom. The van der Waals surface area contributed by atoms with E-state index in [-0.39, 0.29) is 18.2 Å². The number of carbonyl (C=O) groups excluding carboxylic acids is 2. The van der Waals surface area contributed by atoms with Crippen LogP contribution in [0.4, 0.5) is 15.8 Å². The molecule has 108 valence electrons. The number of amides is 2. The number of benzene rings is 2. The van der Waals surface area contributed by atoms with Crippen molar-refractivity contribution in [2.24, 2.45) is 0 Å². The molecule has 0 atom stereocenters.